The lowest BCUT2D eigenvalue weighted by Gasteiger charge is -1.98. The van der Waals surface area contributed by atoms with Crippen molar-refractivity contribution in [3.05, 3.63) is 32.9 Å². The second-order valence-electron chi connectivity index (χ2n) is 2.86. The fourth-order valence-corrected chi connectivity index (χ4v) is 1.09. The minimum Gasteiger partial charge on any atom is -0.406 e. The Labute approximate surface area is 77.8 Å². The molecule has 0 aliphatic rings. The zero-order chi connectivity index (χ0) is 10.3. The van der Waals surface area contributed by atoms with Gasteiger partial charge in [0, 0.05) is 7.05 Å². The highest BCUT2D eigenvalue weighted by molar-refractivity contribution is 5.68. The predicted octanol–water partition coefficient (Wildman–Crippen LogP) is -0.410. The minimum atomic E-state index is -0.713. The molecule has 0 N–H and O–H groups in total. The lowest BCUT2D eigenvalue weighted by molar-refractivity contribution is 0.482. The molecule has 72 valence electrons. The Morgan fingerprint density at radius 1 is 1.43 bits per heavy atom. The summed E-state index contributed by atoms with van der Waals surface area (Å²) in [5, 5.41) is 0. The summed E-state index contributed by atoms with van der Waals surface area (Å²) in [5.41, 5.74) is -0.231. The number of aryl methyl sites for hydroxylation is 1. The molecular weight excluding hydrogens is 186 g/mol. The van der Waals surface area contributed by atoms with E-state index in [1.165, 1.54) is 13.2 Å². The van der Waals surface area contributed by atoms with Crippen LogP contribution in [0, 0.1) is 6.92 Å². The predicted molar refractivity (Wildman–Crippen MR) is 48.1 cm³/mol. The third kappa shape index (κ3) is 1.12. The molecular formula is C8H7N3O3. The molecule has 0 radical (unpaired) electrons. The smallest absolute Gasteiger partial charge is 0.406 e. The fourth-order valence-electron chi connectivity index (χ4n) is 1.09. The molecule has 0 aromatic carbocycles. The summed E-state index contributed by atoms with van der Waals surface area (Å²) in [5.74, 6) is -0.251. The normalized spacial score (nSPS) is 10.7. The van der Waals surface area contributed by atoms with Gasteiger partial charge in [0.1, 0.15) is 5.82 Å². The molecule has 2 aromatic heterocycles. The molecule has 2 rings (SSSR count). The summed E-state index contributed by atoms with van der Waals surface area (Å²) in [6, 6.07) is 0. The first kappa shape index (κ1) is 8.61. The largest absolute Gasteiger partial charge is 0.422 e. The van der Waals surface area contributed by atoms with Crippen LogP contribution in [0.5, 0.6) is 0 Å². The first-order valence-corrected chi connectivity index (χ1v) is 3.93. The van der Waals surface area contributed by atoms with Crippen molar-refractivity contribution in [2.75, 3.05) is 0 Å². The standard InChI is InChI=1S/C8H7N3O3/c1-4-9-3-5-6(10-4)7(12)11(2)8(13)14-5/h3H,1-2H3. The van der Waals surface area contributed by atoms with E-state index in [0.29, 0.717) is 5.82 Å². The molecule has 2 heterocycles. The third-order valence-electron chi connectivity index (χ3n) is 1.85. The maximum Gasteiger partial charge on any atom is 0.422 e. The summed E-state index contributed by atoms with van der Waals surface area (Å²) in [6.07, 6.45) is 1.32. The highest BCUT2D eigenvalue weighted by Gasteiger charge is 2.07. The molecule has 2 aromatic rings. The van der Waals surface area contributed by atoms with Crippen LogP contribution in [-0.4, -0.2) is 14.5 Å². The van der Waals surface area contributed by atoms with E-state index in [9.17, 15) is 9.59 Å². The highest BCUT2D eigenvalue weighted by Crippen LogP contribution is 2.01. The molecule has 0 saturated carbocycles. The Morgan fingerprint density at radius 2 is 2.14 bits per heavy atom. The van der Waals surface area contributed by atoms with Gasteiger partial charge in [0.15, 0.2) is 11.1 Å². The van der Waals surface area contributed by atoms with Gasteiger partial charge >= 0.3 is 5.76 Å². The van der Waals surface area contributed by atoms with Crippen LogP contribution in [0.4, 0.5) is 0 Å². The summed E-state index contributed by atoms with van der Waals surface area (Å²) in [7, 11) is 1.34. The summed E-state index contributed by atoms with van der Waals surface area (Å²) in [4.78, 5) is 30.3. The van der Waals surface area contributed by atoms with E-state index in [0.717, 1.165) is 4.57 Å². The average molecular weight is 193 g/mol. The van der Waals surface area contributed by atoms with Gasteiger partial charge in [0.2, 0.25) is 0 Å². The highest BCUT2D eigenvalue weighted by atomic mass is 16.4. The van der Waals surface area contributed by atoms with Gasteiger partial charge in [-0.15, -0.1) is 0 Å². The average Bonchev–Trinajstić information content (AvgIpc) is 2.16. The van der Waals surface area contributed by atoms with Crippen molar-refractivity contribution < 1.29 is 4.42 Å². The SMILES string of the molecule is Cc1ncc2oc(=O)n(C)c(=O)c2n1. The number of aromatic nitrogens is 3. The van der Waals surface area contributed by atoms with E-state index < -0.39 is 11.3 Å². The minimum absolute atomic E-state index is 0.115. The van der Waals surface area contributed by atoms with E-state index in [1.807, 2.05) is 0 Å². The van der Waals surface area contributed by atoms with E-state index in [4.69, 9.17) is 4.42 Å². The Bertz CT molecular complexity index is 611. The second-order valence-corrected chi connectivity index (χ2v) is 2.86. The molecule has 0 spiro atoms. The van der Waals surface area contributed by atoms with Crippen LogP contribution in [0.3, 0.4) is 0 Å². The number of hydrogen-bond donors (Lipinski definition) is 0. The van der Waals surface area contributed by atoms with E-state index >= 15 is 0 Å². The number of rotatable bonds is 0. The van der Waals surface area contributed by atoms with Crippen LogP contribution >= 0.6 is 0 Å². The molecule has 0 bridgehead atoms. The maximum absolute atomic E-state index is 11.5. The van der Waals surface area contributed by atoms with Crippen LogP contribution in [0.15, 0.2) is 20.2 Å². The zero-order valence-electron chi connectivity index (χ0n) is 7.64. The molecule has 0 amide bonds. The van der Waals surface area contributed by atoms with Gasteiger partial charge in [-0.25, -0.2) is 19.3 Å². The Hall–Kier alpha value is -1.98. The van der Waals surface area contributed by atoms with E-state index in [-0.39, 0.29) is 11.1 Å². The number of hydrogen-bond acceptors (Lipinski definition) is 5. The van der Waals surface area contributed by atoms with Crippen LogP contribution in [-0.2, 0) is 7.05 Å². The molecule has 0 unspecified atom stereocenters. The van der Waals surface area contributed by atoms with Crippen molar-refractivity contribution in [2.45, 2.75) is 6.92 Å². The first-order chi connectivity index (χ1) is 6.59. The second kappa shape index (κ2) is 2.76. The zero-order valence-corrected chi connectivity index (χ0v) is 7.64. The number of nitrogens with zero attached hydrogens (tertiary/aromatic N) is 3. The Balaban J connectivity index is 3.07. The van der Waals surface area contributed by atoms with Crippen molar-refractivity contribution in [1.82, 2.24) is 14.5 Å². The Morgan fingerprint density at radius 3 is 2.86 bits per heavy atom. The van der Waals surface area contributed by atoms with Gasteiger partial charge < -0.3 is 4.42 Å². The van der Waals surface area contributed by atoms with Gasteiger partial charge in [-0.3, -0.25) is 4.79 Å². The third-order valence-corrected chi connectivity index (χ3v) is 1.85. The maximum atomic E-state index is 11.5. The lowest BCUT2D eigenvalue weighted by atomic mass is 10.4. The fraction of sp³-hybridized carbons (Fsp3) is 0.250. The number of fused-ring (bicyclic) bond motifs is 1. The molecule has 0 aliphatic carbocycles. The quantitative estimate of drug-likeness (QED) is 0.568. The van der Waals surface area contributed by atoms with Crippen molar-refractivity contribution in [1.29, 1.82) is 0 Å². The van der Waals surface area contributed by atoms with Crippen molar-refractivity contribution in [3.8, 4) is 0 Å². The van der Waals surface area contributed by atoms with Crippen LogP contribution in [0.1, 0.15) is 5.82 Å². The van der Waals surface area contributed by atoms with Crippen LogP contribution in [0.2, 0.25) is 0 Å². The van der Waals surface area contributed by atoms with Gasteiger partial charge in [-0.2, -0.15) is 0 Å². The molecule has 0 fully saturated rings. The Kier molecular flexibility index (Phi) is 1.70. The van der Waals surface area contributed by atoms with Crippen LogP contribution < -0.4 is 11.3 Å². The lowest BCUT2D eigenvalue weighted by Crippen LogP contribution is -2.30. The molecule has 14 heavy (non-hydrogen) atoms. The van der Waals surface area contributed by atoms with Gasteiger partial charge in [0.05, 0.1) is 6.20 Å². The summed E-state index contributed by atoms with van der Waals surface area (Å²) >= 11 is 0. The molecule has 6 nitrogen and oxygen atoms in total. The van der Waals surface area contributed by atoms with Crippen LogP contribution in [0.25, 0.3) is 11.1 Å². The van der Waals surface area contributed by atoms with Gasteiger partial charge in [-0.05, 0) is 6.92 Å². The summed E-state index contributed by atoms with van der Waals surface area (Å²) < 4.78 is 5.68. The monoisotopic (exact) mass is 193 g/mol. The van der Waals surface area contributed by atoms with Gasteiger partial charge in [0.25, 0.3) is 5.56 Å². The first-order valence-electron chi connectivity index (χ1n) is 3.93. The molecule has 6 heteroatoms. The molecule has 0 saturated heterocycles. The van der Waals surface area contributed by atoms with Crippen molar-refractivity contribution in [2.24, 2.45) is 7.05 Å². The topological polar surface area (TPSA) is 78.0 Å². The molecule has 0 aliphatic heterocycles. The molecule has 0 atom stereocenters. The summed E-state index contributed by atoms with van der Waals surface area (Å²) in [6.45, 7) is 1.66. The van der Waals surface area contributed by atoms with Crippen molar-refractivity contribution in [3.63, 3.8) is 0 Å². The van der Waals surface area contributed by atoms with Gasteiger partial charge in [-0.1, -0.05) is 0 Å². The van der Waals surface area contributed by atoms with Crippen molar-refractivity contribution >= 4 is 11.1 Å². The van der Waals surface area contributed by atoms with E-state index in [2.05, 4.69) is 9.97 Å². The van der Waals surface area contributed by atoms with E-state index in [1.54, 1.807) is 6.92 Å².